The number of amidine groups is 1. The van der Waals surface area contributed by atoms with Crippen LogP contribution >= 0.6 is 0 Å². The van der Waals surface area contributed by atoms with Crippen LogP contribution in [0.3, 0.4) is 0 Å². The monoisotopic (exact) mass is 541 g/mol. The van der Waals surface area contributed by atoms with Crippen LogP contribution in [0.5, 0.6) is 0 Å². The van der Waals surface area contributed by atoms with E-state index in [0.29, 0.717) is 37.2 Å². The summed E-state index contributed by atoms with van der Waals surface area (Å²) < 4.78 is 28.1. The van der Waals surface area contributed by atoms with Gasteiger partial charge in [0.25, 0.3) is 5.91 Å². The molecule has 1 atom stereocenters. The molecule has 7 rings (SSSR count). The van der Waals surface area contributed by atoms with E-state index in [4.69, 9.17) is 0 Å². The Hall–Kier alpha value is -4.47. The van der Waals surface area contributed by atoms with E-state index in [2.05, 4.69) is 20.6 Å². The summed E-state index contributed by atoms with van der Waals surface area (Å²) >= 11 is 0. The molecule has 2 spiro atoms. The number of nitrogens with zero attached hydrogens (tertiary/aromatic N) is 3. The first kappa shape index (κ1) is 24.6. The Labute approximate surface area is 228 Å². The Kier molecular flexibility index (Phi) is 5.39. The highest BCUT2D eigenvalue weighted by atomic mass is 19.1. The molecule has 4 aliphatic rings. The zero-order valence-electron chi connectivity index (χ0n) is 21.5. The number of anilines is 2. The van der Waals surface area contributed by atoms with E-state index in [1.807, 2.05) is 24.3 Å². The van der Waals surface area contributed by atoms with Gasteiger partial charge in [-0.15, -0.1) is 0 Å². The highest BCUT2D eigenvalue weighted by Crippen LogP contribution is 2.47. The SMILES string of the molecule is O=C(CN1C(=O)C2(CCCC2)N=C1c1cc(F)cc(F)c1)Nc1ccc2c(c1)C[C@@]1(C2)C(=O)Nc2ncccc21. The third kappa shape index (κ3) is 3.73. The highest BCUT2D eigenvalue weighted by Gasteiger charge is 2.52. The predicted molar refractivity (Wildman–Crippen MR) is 143 cm³/mol. The van der Waals surface area contributed by atoms with Crippen molar-refractivity contribution >= 4 is 35.1 Å². The van der Waals surface area contributed by atoms with Crippen molar-refractivity contribution in [3.05, 3.63) is 88.6 Å². The first-order valence-electron chi connectivity index (χ1n) is 13.3. The van der Waals surface area contributed by atoms with E-state index in [1.54, 1.807) is 12.3 Å². The number of aromatic nitrogens is 1. The molecule has 2 aromatic carbocycles. The Morgan fingerprint density at radius 2 is 1.75 bits per heavy atom. The summed E-state index contributed by atoms with van der Waals surface area (Å²) in [4.78, 5) is 49.9. The van der Waals surface area contributed by atoms with Crippen LogP contribution < -0.4 is 10.6 Å². The van der Waals surface area contributed by atoms with Gasteiger partial charge in [0, 0.05) is 29.1 Å². The molecular formula is C30H25F2N5O3. The van der Waals surface area contributed by atoms with Gasteiger partial charge in [-0.3, -0.25) is 24.3 Å². The van der Waals surface area contributed by atoms with Crippen LogP contribution in [0, 0.1) is 11.6 Å². The number of rotatable bonds is 4. The van der Waals surface area contributed by atoms with Crippen LogP contribution in [0.2, 0.25) is 0 Å². The van der Waals surface area contributed by atoms with Gasteiger partial charge in [0.1, 0.15) is 35.4 Å². The molecule has 8 nitrogen and oxygen atoms in total. The van der Waals surface area contributed by atoms with E-state index in [9.17, 15) is 23.2 Å². The van der Waals surface area contributed by atoms with Gasteiger partial charge in [-0.2, -0.15) is 0 Å². The number of pyridine rings is 1. The maximum Gasteiger partial charge on any atom is 0.256 e. The lowest BCUT2D eigenvalue weighted by Crippen LogP contribution is -2.45. The first-order valence-corrected chi connectivity index (χ1v) is 13.3. The fourth-order valence-electron chi connectivity index (χ4n) is 6.68. The summed E-state index contributed by atoms with van der Waals surface area (Å²) in [5.74, 6) is -1.75. The van der Waals surface area contributed by atoms with Crippen molar-refractivity contribution in [1.29, 1.82) is 0 Å². The molecule has 3 amide bonds. The molecule has 1 aromatic heterocycles. The van der Waals surface area contributed by atoms with Crippen molar-refractivity contribution in [3.8, 4) is 0 Å². The van der Waals surface area contributed by atoms with Crippen molar-refractivity contribution in [3.63, 3.8) is 0 Å². The van der Waals surface area contributed by atoms with E-state index in [1.165, 1.54) is 4.90 Å². The fraction of sp³-hybridized carbons (Fsp3) is 0.300. The van der Waals surface area contributed by atoms with Crippen LogP contribution in [0.4, 0.5) is 20.3 Å². The number of fused-ring (bicyclic) bond motifs is 3. The molecule has 0 bridgehead atoms. The first-order chi connectivity index (χ1) is 19.3. The number of aliphatic imine (C=N–C) groups is 1. The average molecular weight is 542 g/mol. The van der Waals surface area contributed by atoms with Crippen LogP contribution in [0.15, 0.2) is 59.7 Å². The maximum atomic E-state index is 14.0. The standard InChI is InChI=1S/C30H25F2N5O3/c31-20-10-18(11-21(32)13-20)26-36-30(7-1-2-8-30)28(40)37(26)16-24(38)34-22-6-5-17-14-29(15-19(17)12-22)23-4-3-9-33-25(23)35-27(29)39/h3-6,9-13H,1-2,7-8,14-16H2,(H,34,38)(H,33,35,39)/t29-/m1/s1. The molecule has 0 unspecified atom stereocenters. The molecular weight excluding hydrogens is 516 g/mol. The minimum Gasteiger partial charge on any atom is -0.325 e. The Morgan fingerprint density at radius 1 is 1.00 bits per heavy atom. The molecule has 3 aromatic rings. The van der Waals surface area contributed by atoms with E-state index in [0.717, 1.165) is 47.7 Å². The summed E-state index contributed by atoms with van der Waals surface area (Å²) in [6.07, 6.45) is 5.36. The molecule has 0 saturated heterocycles. The van der Waals surface area contributed by atoms with Gasteiger partial charge in [0.2, 0.25) is 11.8 Å². The van der Waals surface area contributed by atoms with Gasteiger partial charge in [0.15, 0.2) is 0 Å². The summed E-state index contributed by atoms with van der Waals surface area (Å²) in [6, 6.07) is 12.3. The van der Waals surface area contributed by atoms with E-state index >= 15 is 0 Å². The van der Waals surface area contributed by atoms with E-state index in [-0.39, 0.29) is 29.8 Å². The fourth-order valence-corrected chi connectivity index (χ4v) is 6.68. The number of hydrogen-bond donors (Lipinski definition) is 2. The number of hydrogen-bond acceptors (Lipinski definition) is 5. The maximum absolute atomic E-state index is 14.0. The second-order valence-electron chi connectivity index (χ2n) is 11.0. The van der Waals surface area contributed by atoms with Crippen molar-refractivity contribution in [1.82, 2.24) is 9.88 Å². The van der Waals surface area contributed by atoms with E-state index < -0.39 is 28.5 Å². The molecule has 0 radical (unpaired) electrons. The van der Waals surface area contributed by atoms with Gasteiger partial charge < -0.3 is 10.6 Å². The number of nitrogens with one attached hydrogen (secondary N) is 2. The third-order valence-corrected chi connectivity index (χ3v) is 8.54. The molecule has 1 saturated carbocycles. The van der Waals surface area contributed by atoms with Crippen molar-refractivity contribution in [2.24, 2.45) is 4.99 Å². The number of carbonyl (C=O) groups is 3. The van der Waals surface area contributed by atoms with Crippen molar-refractivity contribution in [2.75, 3.05) is 17.2 Å². The lowest BCUT2D eigenvalue weighted by atomic mass is 9.79. The zero-order chi connectivity index (χ0) is 27.6. The number of amides is 3. The van der Waals surface area contributed by atoms with Gasteiger partial charge >= 0.3 is 0 Å². The number of halogens is 2. The molecule has 2 aliphatic heterocycles. The quantitative estimate of drug-likeness (QED) is 0.523. The third-order valence-electron chi connectivity index (χ3n) is 8.54. The molecule has 2 aliphatic carbocycles. The topological polar surface area (TPSA) is 104 Å². The molecule has 1 fully saturated rings. The summed E-state index contributed by atoms with van der Waals surface area (Å²) in [6.45, 7) is -0.347. The predicted octanol–water partition coefficient (Wildman–Crippen LogP) is 3.89. The largest absolute Gasteiger partial charge is 0.325 e. The van der Waals surface area contributed by atoms with Crippen molar-refractivity contribution < 1.29 is 23.2 Å². The Bertz CT molecular complexity index is 1630. The normalized spacial score (nSPS) is 22.1. The minimum absolute atomic E-state index is 0.0861. The zero-order valence-corrected chi connectivity index (χ0v) is 21.5. The molecule has 3 heterocycles. The second kappa shape index (κ2) is 8.77. The molecule has 40 heavy (non-hydrogen) atoms. The average Bonchev–Trinajstić information content (AvgIpc) is 3.67. The molecule has 10 heteroatoms. The van der Waals surface area contributed by atoms with Crippen LogP contribution in [-0.4, -0.2) is 45.5 Å². The second-order valence-corrected chi connectivity index (χ2v) is 11.0. The summed E-state index contributed by atoms with van der Waals surface area (Å²) in [5.41, 5.74) is 1.77. The smallest absolute Gasteiger partial charge is 0.256 e. The Morgan fingerprint density at radius 3 is 2.52 bits per heavy atom. The van der Waals surface area contributed by atoms with Crippen LogP contribution in [0.1, 0.15) is 47.9 Å². The molecule has 202 valence electrons. The molecule has 2 N–H and O–H groups in total. The van der Waals surface area contributed by atoms with Gasteiger partial charge in [-0.1, -0.05) is 25.0 Å². The van der Waals surface area contributed by atoms with Gasteiger partial charge in [-0.05, 0) is 67.1 Å². The lowest BCUT2D eigenvalue weighted by molar-refractivity contribution is -0.133. The van der Waals surface area contributed by atoms with Gasteiger partial charge in [-0.25, -0.2) is 13.8 Å². The highest BCUT2D eigenvalue weighted by molar-refractivity contribution is 6.17. The Balaban J connectivity index is 1.12. The van der Waals surface area contributed by atoms with Crippen LogP contribution in [-0.2, 0) is 32.6 Å². The number of benzene rings is 2. The van der Waals surface area contributed by atoms with Crippen molar-refractivity contribution in [2.45, 2.75) is 49.5 Å². The lowest BCUT2D eigenvalue weighted by Gasteiger charge is -2.22. The summed E-state index contributed by atoms with van der Waals surface area (Å²) in [5, 5.41) is 5.74. The van der Waals surface area contributed by atoms with Crippen LogP contribution in [0.25, 0.3) is 0 Å². The number of carbonyl (C=O) groups excluding carboxylic acids is 3. The van der Waals surface area contributed by atoms with Gasteiger partial charge in [0.05, 0.1) is 5.41 Å². The summed E-state index contributed by atoms with van der Waals surface area (Å²) in [7, 11) is 0. The minimum atomic E-state index is -0.993.